The molecule has 2 aliphatic carbocycles. The largest absolute Gasteiger partial charge is 0.497 e. The Labute approximate surface area is 211 Å². The lowest BCUT2D eigenvalue weighted by atomic mass is 9.52. The maximum Gasteiger partial charge on any atom is 0.136 e. The molecule has 36 heavy (non-hydrogen) atoms. The minimum atomic E-state index is -0.314. The van der Waals surface area contributed by atoms with E-state index >= 15 is 0 Å². The van der Waals surface area contributed by atoms with Crippen LogP contribution in [-0.4, -0.2) is 33.1 Å². The predicted octanol–water partition coefficient (Wildman–Crippen LogP) is 5.70. The molecule has 1 saturated carbocycles. The van der Waals surface area contributed by atoms with E-state index in [1.807, 2.05) is 25.1 Å². The van der Waals surface area contributed by atoms with E-state index < -0.39 is 0 Å². The smallest absolute Gasteiger partial charge is 0.136 e. The average Bonchev–Trinajstić information content (AvgIpc) is 3.45. The van der Waals surface area contributed by atoms with Gasteiger partial charge in [0.15, 0.2) is 0 Å². The standard InChI is InChI=1S/C30H30N4O2/c1-18-25-13-12-24-28(21-6-4-20(5-7-21)26-15-17-31-34-26)32-19(2)33-29(24)30(25,16-14-27(18)35)22-8-10-23(36-3)11-9-22/h4-11,15,17-18,25H,12-14,16H2,1-3H3,(H,31,34)/t18-,25-,30+/m0/s1. The number of aromatic amines is 1. The summed E-state index contributed by atoms with van der Waals surface area (Å²) in [5, 5.41) is 7.10. The number of ketones is 1. The lowest BCUT2D eigenvalue weighted by molar-refractivity contribution is -0.128. The van der Waals surface area contributed by atoms with E-state index in [-0.39, 0.29) is 17.3 Å². The van der Waals surface area contributed by atoms with Crippen molar-refractivity contribution >= 4 is 5.78 Å². The van der Waals surface area contributed by atoms with Gasteiger partial charge in [-0.2, -0.15) is 5.10 Å². The number of aromatic nitrogens is 4. The van der Waals surface area contributed by atoms with Crippen molar-refractivity contribution in [3.05, 3.63) is 83.4 Å². The zero-order valence-corrected chi connectivity index (χ0v) is 20.9. The Balaban J connectivity index is 1.53. The fraction of sp³-hybridized carbons (Fsp3) is 0.333. The molecular formula is C30H30N4O2. The normalized spacial score (nSPS) is 23.1. The zero-order valence-electron chi connectivity index (χ0n) is 20.9. The first-order valence-electron chi connectivity index (χ1n) is 12.7. The Morgan fingerprint density at radius 1 is 0.972 bits per heavy atom. The fourth-order valence-electron chi connectivity index (χ4n) is 6.52. The summed E-state index contributed by atoms with van der Waals surface area (Å²) in [6.45, 7) is 4.09. The molecule has 4 aromatic rings. The SMILES string of the molecule is COc1ccc([C@]23CCC(=O)[C@@H](C)[C@@H]2CCc2c(-c4ccc(-c5ccn[nH]5)cc4)nc(C)nc23)cc1. The number of methoxy groups -OCH3 is 1. The highest BCUT2D eigenvalue weighted by Crippen LogP contribution is 2.55. The number of ether oxygens (including phenoxy) is 1. The lowest BCUT2D eigenvalue weighted by Crippen LogP contribution is -2.50. The van der Waals surface area contributed by atoms with Gasteiger partial charge >= 0.3 is 0 Å². The van der Waals surface area contributed by atoms with Gasteiger partial charge in [-0.05, 0) is 61.4 Å². The van der Waals surface area contributed by atoms with E-state index in [2.05, 4.69) is 53.5 Å². The maximum atomic E-state index is 12.9. The van der Waals surface area contributed by atoms with Crippen molar-refractivity contribution in [1.29, 1.82) is 0 Å². The quantitative estimate of drug-likeness (QED) is 0.407. The molecule has 0 spiro atoms. The minimum absolute atomic E-state index is 0.00131. The van der Waals surface area contributed by atoms with Crippen molar-refractivity contribution in [3.8, 4) is 28.3 Å². The fourth-order valence-corrected chi connectivity index (χ4v) is 6.52. The topological polar surface area (TPSA) is 80.8 Å². The number of hydrogen-bond acceptors (Lipinski definition) is 5. The molecule has 2 aromatic heterocycles. The van der Waals surface area contributed by atoms with Crippen LogP contribution in [0.4, 0.5) is 0 Å². The molecule has 0 bridgehead atoms. The number of rotatable bonds is 4. The Hall–Kier alpha value is -3.80. The van der Waals surface area contributed by atoms with Gasteiger partial charge in [-0.3, -0.25) is 9.89 Å². The van der Waals surface area contributed by atoms with Crippen LogP contribution in [0, 0.1) is 18.8 Å². The minimum Gasteiger partial charge on any atom is -0.497 e. The molecule has 2 heterocycles. The monoisotopic (exact) mass is 478 g/mol. The lowest BCUT2D eigenvalue weighted by Gasteiger charge is -2.50. The van der Waals surface area contributed by atoms with Crippen LogP contribution in [0.1, 0.15) is 48.8 Å². The summed E-state index contributed by atoms with van der Waals surface area (Å²) in [5.41, 5.74) is 7.38. The summed E-state index contributed by atoms with van der Waals surface area (Å²) in [6.07, 6.45) is 4.92. The average molecular weight is 479 g/mol. The van der Waals surface area contributed by atoms with Gasteiger partial charge in [-0.15, -0.1) is 0 Å². The van der Waals surface area contributed by atoms with E-state index in [4.69, 9.17) is 14.7 Å². The molecule has 1 fully saturated rings. The molecule has 2 aliphatic rings. The van der Waals surface area contributed by atoms with Gasteiger partial charge in [0, 0.05) is 35.1 Å². The number of nitrogens with one attached hydrogen (secondary N) is 1. The second-order valence-electron chi connectivity index (χ2n) is 10.1. The molecular weight excluding hydrogens is 448 g/mol. The predicted molar refractivity (Wildman–Crippen MR) is 139 cm³/mol. The Bertz CT molecular complexity index is 1410. The number of carbonyl (C=O) groups is 1. The molecule has 3 atom stereocenters. The van der Waals surface area contributed by atoms with Crippen LogP contribution >= 0.6 is 0 Å². The van der Waals surface area contributed by atoms with Crippen molar-refractivity contribution in [3.63, 3.8) is 0 Å². The number of hydrogen-bond donors (Lipinski definition) is 1. The Morgan fingerprint density at radius 2 is 1.72 bits per heavy atom. The van der Waals surface area contributed by atoms with Gasteiger partial charge < -0.3 is 4.74 Å². The first-order chi connectivity index (χ1) is 17.5. The molecule has 6 rings (SSSR count). The molecule has 6 heteroatoms. The zero-order chi connectivity index (χ0) is 24.9. The number of carbonyl (C=O) groups excluding carboxylic acids is 1. The van der Waals surface area contributed by atoms with Gasteiger partial charge in [0.2, 0.25) is 0 Å². The van der Waals surface area contributed by atoms with Crippen molar-refractivity contribution in [2.45, 2.75) is 44.9 Å². The number of Topliss-reactive ketones (excluding diaryl/α,β-unsaturated/α-hetero) is 1. The number of fused-ring (bicyclic) bond motifs is 3. The molecule has 2 aromatic carbocycles. The van der Waals surface area contributed by atoms with Crippen LogP contribution in [0.2, 0.25) is 0 Å². The molecule has 0 unspecified atom stereocenters. The van der Waals surface area contributed by atoms with Crippen LogP contribution in [-0.2, 0) is 16.6 Å². The van der Waals surface area contributed by atoms with Crippen molar-refractivity contribution in [2.24, 2.45) is 11.8 Å². The summed E-state index contributed by atoms with van der Waals surface area (Å²) in [7, 11) is 1.69. The molecule has 0 aliphatic heterocycles. The van der Waals surface area contributed by atoms with Gasteiger partial charge in [0.25, 0.3) is 0 Å². The summed E-state index contributed by atoms with van der Waals surface area (Å²) >= 11 is 0. The van der Waals surface area contributed by atoms with Crippen LogP contribution in [0.3, 0.4) is 0 Å². The second-order valence-corrected chi connectivity index (χ2v) is 10.1. The number of aryl methyl sites for hydroxylation is 1. The number of benzene rings is 2. The highest BCUT2D eigenvalue weighted by atomic mass is 16.5. The van der Waals surface area contributed by atoms with E-state index in [1.165, 1.54) is 11.1 Å². The van der Waals surface area contributed by atoms with Gasteiger partial charge in [-0.25, -0.2) is 9.97 Å². The highest BCUT2D eigenvalue weighted by molar-refractivity contribution is 5.83. The third-order valence-electron chi connectivity index (χ3n) is 8.33. The van der Waals surface area contributed by atoms with E-state index in [0.29, 0.717) is 12.2 Å². The van der Waals surface area contributed by atoms with Crippen LogP contribution in [0.15, 0.2) is 60.8 Å². The van der Waals surface area contributed by atoms with Crippen molar-refractivity contribution in [2.75, 3.05) is 7.11 Å². The second kappa shape index (κ2) is 8.70. The Kier molecular flexibility index (Phi) is 5.47. The molecule has 1 N–H and O–H groups in total. The number of nitrogens with zero attached hydrogens (tertiary/aromatic N) is 3. The Morgan fingerprint density at radius 3 is 2.42 bits per heavy atom. The van der Waals surface area contributed by atoms with E-state index in [1.54, 1.807) is 13.3 Å². The first kappa shape index (κ1) is 22.7. The van der Waals surface area contributed by atoms with Crippen LogP contribution in [0.25, 0.3) is 22.5 Å². The third kappa shape index (κ3) is 3.47. The summed E-state index contributed by atoms with van der Waals surface area (Å²) < 4.78 is 5.44. The van der Waals surface area contributed by atoms with Crippen LogP contribution < -0.4 is 4.74 Å². The molecule has 0 radical (unpaired) electrons. The van der Waals surface area contributed by atoms with E-state index in [0.717, 1.165) is 59.0 Å². The maximum absolute atomic E-state index is 12.9. The number of H-pyrrole nitrogens is 1. The molecule has 0 saturated heterocycles. The molecule has 182 valence electrons. The van der Waals surface area contributed by atoms with Crippen LogP contribution in [0.5, 0.6) is 5.75 Å². The molecule has 0 amide bonds. The first-order valence-corrected chi connectivity index (χ1v) is 12.7. The summed E-state index contributed by atoms with van der Waals surface area (Å²) in [4.78, 5) is 22.9. The third-order valence-corrected chi connectivity index (χ3v) is 8.33. The van der Waals surface area contributed by atoms with Gasteiger partial charge in [-0.1, -0.05) is 43.3 Å². The summed E-state index contributed by atoms with van der Waals surface area (Å²) in [5.74, 6) is 2.18. The van der Waals surface area contributed by atoms with Crippen molar-refractivity contribution in [1.82, 2.24) is 20.2 Å². The van der Waals surface area contributed by atoms with Gasteiger partial charge in [0.05, 0.1) is 24.2 Å². The molecule has 6 nitrogen and oxygen atoms in total. The van der Waals surface area contributed by atoms with Gasteiger partial charge in [0.1, 0.15) is 17.4 Å². The van der Waals surface area contributed by atoms with E-state index in [9.17, 15) is 4.79 Å². The highest BCUT2D eigenvalue weighted by Gasteiger charge is 2.53. The summed E-state index contributed by atoms with van der Waals surface area (Å²) in [6, 6.07) is 18.8. The van der Waals surface area contributed by atoms with Crippen molar-refractivity contribution < 1.29 is 9.53 Å².